The van der Waals surface area contributed by atoms with Crippen LogP contribution in [0, 0.1) is 6.92 Å². The molecular weight excluding hydrogens is 308 g/mol. The van der Waals surface area contributed by atoms with E-state index >= 15 is 0 Å². The van der Waals surface area contributed by atoms with Crippen molar-refractivity contribution < 1.29 is 9.53 Å². The molecule has 2 aromatic rings. The Hall–Kier alpha value is -2.40. The maximum absolute atomic E-state index is 12.2. The third-order valence-electron chi connectivity index (χ3n) is 3.81. The zero-order valence-corrected chi connectivity index (χ0v) is 13.9. The van der Waals surface area contributed by atoms with Gasteiger partial charge in [-0.3, -0.25) is 0 Å². The van der Waals surface area contributed by atoms with Crippen LogP contribution in [0.2, 0.25) is 0 Å². The quantitative estimate of drug-likeness (QED) is 0.670. The molecule has 0 aliphatic carbocycles. The third kappa shape index (κ3) is 3.19. The van der Waals surface area contributed by atoms with Crippen LogP contribution in [0.15, 0.2) is 48.2 Å². The van der Waals surface area contributed by atoms with Crippen LogP contribution in [0.1, 0.15) is 24.1 Å². The molecule has 1 atom stereocenters. The zero-order valence-electron chi connectivity index (χ0n) is 13.1. The largest absolute Gasteiger partial charge is 0.463 e. The van der Waals surface area contributed by atoms with Gasteiger partial charge in [0.25, 0.3) is 0 Å². The van der Waals surface area contributed by atoms with Crippen LogP contribution >= 0.6 is 12.2 Å². The Kier molecular flexibility index (Phi) is 4.30. The van der Waals surface area contributed by atoms with Gasteiger partial charge in [-0.05, 0) is 48.5 Å². The van der Waals surface area contributed by atoms with E-state index in [0.29, 0.717) is 17.3 Å². The highest BCUT2D eigenvalue weighted by Crippen LogP contribution is 2.28. The molecule has 0 bridgehead atoms. The summed E-state index contributed by atoms with van der Waals surface area (Å²) in [7, 11) is 0. The number of hydrogen-bond donors (Lipinski definition) is 2. The first kappa shape index (κ1) is 15.5. The number of aryl methyl sites for hydroxylation is 1. The zero-order chi connectivity index (χ0) is 16.4. The van der Waals surface area contributed by atoms with E-state index in [1.54, 1.807) is 13.1 Å². The second-order valence-electron chi connectivity index (χ2n) is 5.48. The van der Waals surface area contributed by atoms with Crippen LogP contribution in [0.4, 0.5) is 0 Å². The summed E-state index contributed by atoms with van der Waals surface area (Å²) in [5.41, 5.74) is 2.72. The van der Waals surface area contributed by atoms with Gasteiger partial charge in [-0.25, -0.2) is 4.79 Å². The summed E-state index contributed by atoms with van der Waals surface area (Å²) in [4.78, 5) is 12.2. The van der Waals surface area contributed by atoms with Gasteiger partial charge in [0.1, 0.15) is 0 Å². The van der Waals surface area contributed by atoms with Gasteiger partial charge in [0.2, 0.25) is 0 Å². The first-order valence-electron chi connectivity index (χ1n) is 7.53. The van der Waals surface area contributed by atoms with Gasteiger partial charge in [0.15, 0.2) is 5.11 Å². The first-order valence-corrected chi connectivity index (χ1v) is 7.94. The molecule has 0 aromatic heterocycles. The lowest BCUT2D eigenvalue weighted by Crippen LogP contribution is -2.42. The van der Waals surface area contributed by atoms with E-state index < -0.39 is 0 Å². The first-order chi connectivity index (χ1) is 11.1. The summed E-state index contributed by atoms with van der Waals surface area (Å²) in [5, 5.41) is 8.82. The Morgan fingerprint density at radius 2 is 1.96 bits per heavy atom. The van der Waals surface area contributed by atoms with Gasteiger partial charge in [0.05, 0.1) is 18.2 Å². The van der Waals surface area contributed by atoms with E-state index in [1.165, 1.54) is 10.9 Å². The number of fused-ring (bicyclic) bond motifs is 1. The molecule has 1 aliphatic heterocycles. The molecule has 0 radical (unpaired) electrons. The van der Waals surface area contributed by atoms with Gasteiger partial charge >= 0.3 is 5.97 Å². The topological polar surface area (TPSA) is 50.4 Å². The van der Waals surface area contributed by atoms with E-state index in [1.807, 2.05) is 6.07 Å². The summed E-state index contributed by atoms with van der Waals surface area (Å²) >= 11 is 5.18. The molecule has 1 unspecified atom stereocenters. The fraction of sp³-hybridized carbons (Fsp3) is 0.222. The minimum atomic E-state index is -0.344. The predicted octanol–water partition coefficient (Wildman–Crippen LogP) is 3.11. The lowest BCUT2D eigenvalue weighted by Gasteiger charge is -2.27. The number of thiocarbonyl (C=S) groups is 1. The molecule has 4 nitrogen and oxygen atoms in total. The number of benzene rings is 2. The van der Waals surface area contributed by atoms with Gasteiger partial charge in [-0.15, -0.1) is 0 Å². The average Bonchev–Trinajstić information content (AvgIpc) is 2.54. The van der Waals surface area contributed by atoms with Crippen molar-refractivity contribution in [1.82, 2.24) is 10.6 Å². The van der Waals surface area contributed by atoms with Crippen molar-refractivity contribution in [1.29, 1.82) is 0 Å². The van der Waals surface area contributed by atoms with Gasteiger partial charge < -0.3 is 15.4 Å². The Balaban J connectivity index is 2.01. The van der Waals surface area contributed by atoms with E-state index in [0.717, 1.165) is 10.9 Å². The number of ether oxygens (including phenoxy) is 1. The van der Waals surface area contributed by atoms with Crippen molar-refractivity contribution in [3.8, 4) is 0 Å². The molecule has 5 heteroatoms. The normalized spacial score (nSPS) is 17.2. The highest BCUT2D eigenvalue weighted by atomic mass is 32.1. The fourth-order valence-electron chi connectivity index (χ4n) is 2.69. The predicted molar refractivity (Wildman–Crippen MR) is 95.0 cm³/mol. The Morgan fingerprint density at radius 1 is 1.22 bits per heavy atom. The van der Waals surface area contributed by atoms with Crippen molar-refractivity contribution >= 4 is 34.1 Å². The van der Waals surface area contributed by atoms with Crippen molar-refractivity contribution in [2.24, 2.45) is 0 Å². The molecule has 2 aromatic carbocycles. The highest BCUT2D eigenvalue weighted by molar-refractivity contribution is 7.80. The minimum Gasteiger partial charge on any atom is -0.463 e. The number of esters is 1. The Morgan fingerprint density at radius 3 is 2.74 bits per heavy atom. The van der Waals surface area contributed by atoms with Crippen LogP contribution in [0.5, 0.6) is 0 Å². The lowest BCUT2D eigenvalue weighted by atomic mass is 9.95. The smallest absolute Gasteiger partial charge is 0.337 e. The van der Waals surface area contributed by atoms with E-state index in [4.69, 9.17) is 17.0 Å². The molecule has 0 saturated heterocycles. The Bertz CT molecular complexity index is 814. The summed E-state index contributed by atoms with van der Waals surface area (Å²) in [5.74, 6) is -0.344. The maximum atomic E-state index is 12.2. The SMILES string of the molecule is CCOC(=O)C1=CNC(=S)NC1c1ccc2cc(C)ccc2c1. The third-order valence-corrected chi connectivity index (χ3v) is 4.05. The lowest BCUT2D eigenvalue weighted by molar-refractivity contribution is -0.138. The molecule has 0 fully saturated rings. The number of carbonyl (C=O) groups excluding carboxylic acids is 1. The van der Waals surface area contributed by atoms with Gasteiger partial charge in [-0.1, -0.05) is 35.9 Å². The molecule has 0 spiro atoms. The second kappa shape index (κ2) is 6.38. The van der Waals surface area contributed by atoms with E-state index in [9.17, 15) is 4.79 Å². The van der Waals surface area contributed by atoms with Crippen molar-refractivity contribution in [3.05, 3.63) is 59.3 Å². The van der Waals surface area contributed by atoms with Crippen molar-refractivity contribution in [2.75, 3.05) is 6.61 Å². The Labute approximate surface area is 140 Å². The molecule has 3 rings (SSSR count). The van der Waals surface area contributed by atoms with Crippen LogP contribution < -0.4 is 10.6 Å². The standard InChI is InChI=1S/C18H18N2O2S/c1-3-22-17(21)15-10-19-18(23)20-16(15)14-7-6-12-8-11(2)4-5-13(12)9-14/h4-10,16H,3H2,1-2H3,(H2,19,20,23). The van der Waals surface area contributed by atoms with Crippen LogP contribution in [0.25, 0.3) is 10.8 Å². The number of carbonyl (C=O) groups is 1. The average molecular weight is 326 g/mol. The van der Waals surface area contributed by atoms with Crippen molar-refractivity contribution in [2.45, 2.75) is 19.9 Å². The second-order valence-corrected chi connectivity index (χ2v) is 5.89. The molecule has 1 aliphatic rings. The van der Waals surface area contributed by atoms with Crippen LogP contribution in [-0.2, 0) is 9.53 Å². The number of hydrogen-bond acceptors (Lipinski definition) is 3. The molecule has 1 heterocycles. The van der Waals surface area contributed by atoms with E-state index in [-0.39, 0.29) is 12.0 Å². The summed E-state index contributed by atoms with van der Waals surface area (Å²) < 4.78 is 5.14. The molecule has 0 amide bonds. The summed E-state index contributed by atoms with van der Waals surface area (Å²) in [6.07, 6.45) is 1.63. The maximum Gasteiger partial charge on any atom is 0.337 e. The van der Waals surface area contributed by atoms with Crippen LogP contribution in [-0.4, -0.2) is 17.7 Å². The van der Waals surface area contributed by atoms with Gasteiger partial charge in [-0.2, -0.15) is 0 Å². The monoisotopic (exact) mass is 326 g/mol. The fourth-order valence-corrected chi connectivity index (χ4v) is 2.87. The molecule has 23 heavy (non-hydrogen) atoms. The molecule has 2 N–H and O–H groups in total. The molecule has 118 valence electrons. The van der Waals surface area contributed by atoms with Crippen LogP contribution in [0.3, 0.4) is 0 Å². The molecule has 0 saturated carbocycles. The summed E-state index contributed by atoms with van der Waals surface area (Å²) in [6, 6.07) is 12.1. The number of rotatable bonds is 3. The number of nitrogens with one attached hydrogen (secondary N) is 2. The minimum absolute atomic E-state index is 0.312. The van der Waals surface area contributed by atoms with Crippen molar-refractivity contribution in [3.63, 3.8) is 0 Å². The van der Waals surface area contributed by atoms with Gasteiger partial charge in [0, 0.05) is 6.20 Å². The summed E-state index contributed by atoms with van der Waals surface area (Å²) in [6.45, 7) is 4.20. The highest BCUT2D eigenvalue weighted by Gasteiger charge is 2.27. The molecular formula is C18H18N2O2S. The van der Waals surface area contributed by atoms with E-state index in [2.05, 4.69) is 47.9 Å².